The number of fused-ring (bicyclic) bond motifs is 1. The fourth-order valence-electron chi connectivity index (χ4n) is 3.57. The van der Waals surface area contributed by atoms with Gasteiger partial charge in [-0.15, -0.1) is 5.10 Å². The maximum absolute atomic E-state index is 14.0. The molecule has 4 rings (SSSR count). The van der Waals surface area contributed by atoms with Crippen LogP contribution in [0, 0.1) is 0 Å². The predicted molar refractivity (Wildman–Crippen MR) is 117 cm³/mol. The Kier molecular flexibility index (Phi) is 6.21. The van der Waals surface area contributed by atoms with Crippen molar-refractivity contribution in [1.29, 1.82) is 0 Å². The van der Waals surface area contributed by atoms with E-state index in [1.54, 1.807) is 11.7 Å². The quantitative estimate of drug-likeness (QED) is 0.645. The fraction of sp³-hybridized carbons (Fsp3) is 0.409. The molecular formula is C22H25F2N7O2. The van der Waals surface area contributed by atoms with Gasteiger partial charge in [0.2, 0.25) is 5.82 Å². The van der Waals surface area contributed by atoms with Gasteiger partial charge in [-0.05, 0) is 38.3 Å². The number of aryl methyl sites for hydroxylation is 1. The van der Waals surface area contributed by atoms with E-state index in [-0.39, 0.29) is 23.8 Å². The molecule has 1 N–H and O–H groups in total. The molecule has 2 aromatic heterocycles. The first-order chi connectivity index (χ1) is 15.7. The van der Waals surface area contributed by atoms with E-state index in [0.717, 1.165) is 30.7 Å². The highest BCUT2D eigenvalue weighted by Crippen LogP contribution is 2.40. The zero-order chi connectivity index (χ0) is 23.7. The van der Waals surface area contributed by atoms with Crippen LogP contribution in [0.1, 0.15) is 48.4 Å². The number of aromatic nitrogens is 5. The first-order valence-electron chi connectivity index (χ1n) is 10.7. The van der Waals surface area contributed by atoms with Gasteiger partial charge in [-0.2, -0.15) is 5.10 Å². The first-order valence-corrected chi connectivity index (χ1v) is 10.7. The molecule has 1 aliphatic heterocycles. The van der Waals surface area contributed by atoms with E-state index in [9.17, 15) is 18.4 Å². The Morgan fingerprint density at radius 2 is 2.03 bits per heavy atom. The molecule has 174 valence electrons. The highest BCUT2D eigenvalue weighted by Gasteiger charge is 2.34. The average molecular weight is 457 g/mol. The molecule has 1 saturated carbocycles. The van der Waals surface area contributed by atoms with Gasteiger partial charge < -0.3 is 5.32 Å². The topological polar surface area (TPSA) is 97.9 Å². The van der Waals surface area contributed by atoms with E-state index in [1.165, 1.54) is 22.8 Å². The maximum Gasteiger partial charge on any atom is 0.291 e. The summed E-state index contributed by atoms with van der Waals surface area (Å²) in [6, 6.07) is 1.18. The van der Waals surface area contributed by atoms with Gasteiger partial charge in [-0.1, -0.05) is 6.58 Å². The molecular weight excluding hydrogens is 432 g/mol. The molecule has 3 heterocycles. The van der Waals surface area contributed by atoms with Crippen molar-refractivity contribution in [3.8, 4) is 0 Å². The van der Waals surface area contributed by atoms with Crippen LogP contribution in [-0.2, 0) is 17.9 Å². The fourth-order valence-corrected chi connectivity index (χ4v) is 3.57. The highest BCUT2D eigenvalue weighted by molar-refractivity contribution is 6.00. The maximum atomic E-state index is 14.0. The summed E-state index contributed by atoms with van der Waals surface area (Å²) in [6.45, 7) is 5.21. The molecule has 0 saturated heterocycles. The van der Waals surface area contributed by atoms with Crippen molar-refractivity contribution in [2.24, 2.45) is 0 Å². The van der Waals surface area contributed by atoms with E-state index in [1.807, 2.05) is 6.07 Å². The van der Waals surface area contributed by atoms with Gasteiger partial charge in [0.05, 0.1) is 18.1 Å². The summed E-state index contributed by atoms with van der Waals surface area (Å²) >= 11 is 0. The van der Waals surface area contributed by atoms with Crippen molar-refractivity contribution >= 4 is 17.6 Å². The smallest absolute Gasteiger partial charge is 0.291 e. The SMILES string of the molecule is C=C(Cn1cnc(C(=O)N[C@H]2CCn3nc(C4CC4)cc3N(C)C2=O)n1)/C(F)=C\C=C(/C)F. The van der Waals surface area contributed by atoms with Crippen LogP contribution >= 0.6 is 0 Å². The minimum absolute atomic E-state index is 0.0462. The lowest BCUT2D eigenvalue weighted by Gasteiger charge is -2.19. The van der Waals surface area contributed by atoms with Gasteiger partial charge in [0.15, 0.2) is 0 Å². The molecule has 1 fully saturated rings. The molecule has 2 aromatic rings. The zero-order valence-electron chi connectivity index (χ0n) is 18.5. The number of allylic oxidation sites excluding steroid dienone is 5. The minimum atomic E-state index is -0.758. The number of hydrogen-bond donors (Lipinski definition) is 1. The van der Waals surface area contributed by atoms with Gasteiger partial charge in [0.25, 0.3) is 11.8 Å². The Morgan fingerprint density at radius 3 is 2.73 bits per heavy atom. The number of carbonyl (C=O) groups is 2. The lowest BCUT2D eigenvalue weighted by atomic mass is 10.2. The van der Waals surface area contributed by atoms with Crippen LogP contribution in [0.2, 0.25) is 0 Å². The molecule has 1 aliphatic carbocycles. The molecule has 0 spiro atoms. The van der Waals surface area contributed by atoms with Crippen molar-refractivity contribution in [2.75, 3.05) is 11.9 Å². The van der Waals surface area contributed by atoms with Crippen LogP contribution in [0.5, 0.6) is 0 Å². The van der Waals surface area contributed by atoms with E-state index in [0.29, 0.717) is 24.7 Å². The van der Waals surface area contributed by atoms with Crippen LogP contribution < -0.4 is 10.2 Å². The van der Waals surface area contributed by atoms with Gasteiger partial charge >= 0.3 is 0 Å². The van der Waals surface area contributed by atoms with Crippen molar-refractivity contribution in [1.82, 2.24) is 29.9 Å². The molecule has 0 unspecified atom stereocenters. The molecule has 1 atom stereocenters. The Bertz CT molecular complexity index is 1160. The largest absolute Gasteiger partial charge is 0.337 e. The normalized spacial score (nSPS) is 19.3. The second-order valence-corrected chi connectivity index (χ2v) is 8.27. The standard InChI is InChI=1S/C22H25F2N7O2/c1-13(16(24)7-4-14(2)23)11-30-12-25-20(28-30)21(32)26-17-8-9-31-19(29(3)22(17)33)10-18(27-31)15-5-6-15/h4,7,10,12,15,17H,1,5-6,8-9,11H2,2-3H3,(H,26,32)/b14-4+,16-7+/t17-/m0/s1. The molecule has 33 heavy (non-hydrogen) atoms. The number of anilines is 1. The Balaban J connectivity index is 1.38. The molecule has 0 radical (unpaired) electrons. The number of nitrogens with one attached hydrogen (secondary N) is 1. The van der Waals surface area contributed by atoms with Gasteiger partial charge in [0.1, 0.15) is 24.0 Å². The predicted octanol–water partition coefficient (Wildman–Crippen LogP) is 2.80. The number of likely N-dealkylation sites (N-methyl/N-ethyl adjacent to an activating group) is 1. The summed E-state index contributed by atoms with van der Waals surface area (Å²) in [7, 11) is 1.66. The van der Waals surface area contributed by atoms with Crippen LogP contribution in [0.25, 0.3) is 0 Å². The summed E-state index contributed by atoms with van der Waals surface area (Å²) in [5.74, 6) is -1.07. The zero-order valence-corrected chi connectivity index (χ0v) is 18.5. The van der Waals surface area contributed by atoms with E-state index in [2.05, 4.69) is 27.1 Å². The number of rotatable bonds is 7. The summed E-state index contributed by atoms with van der Waals surface area (Å²) in [5, 5.41) is 11.3. The highest BCUT2D eigenvalue weighted by atomic mass is 19.1. The number of halogens is 2. The third-order valence-electron chi connectivity index (χ3n) is 5.57. The molecule has 0 aromatic carbocycles. The van der Waals surface area contributed by atoms with Crippen molar-refractivity contribution in [3.63, 3.8) is 0 Å². The number of carbonyl (C=O) groups excluding carboxylic acids is 2. The van der Waals surface area contributed by atoms with Crippen molar-refractivity contribution < 1.29 is 18.4 Å². The van der Waals surface area contributed by atoms with Crippen LogP contribution in [0.4, 0.5) is 14.6 Å². The lowest BCUT2D eigenvalue weighted by molar-refractivity contribution is -0.120. The molecule has 2 amide bonds. The molecule has 11 heteroatoms. The minimum Gasteiger partial charge on any atom is -0.337 e. The van der Waals surface area contributed by atoms with Crippen LogP contribution in [0.15, 0.2) is 48.4 Å². The van der Waals surface area contributed by atoms with E-state index >= 15 is 0 Å². The van der Waals surface area contributed by atoms with Crippen molar-refractivity contribution in [3.05, 3.63) is 59.9 Å². The number of amides is 2. The monoisotopic (exact) mass is 457 g/mol. The van der Waals surface area contributed by atoms with Crippen LogP contribution in [-0.4, -0.2) is 49.4 Å². The average Bonchev–Trinajstić information content (AvgIpc) is 3.40. The van der Waals surface area contributed by atoms with Gasteiger partial charge in [0, 0.05) is 31.1 Å². The van der Waals surface area contributed by atoms with Gasteiger partial charge in [-0.25, -0.2) is 23.1 Å². The Hall–Kier alpha value is -3.63. The second kappa shape index (κ2) is 9.08. The molecule has 9 nitrogen and oxygen atoms in total. The Morgan fingerprint density at radius 1 is 1.27 bits per heavy atom. The van der Waals surface area contributed by atoms with Gasteiger partial charge in [-0.3, -0.25) is 14.5 Å². The third-order valence-corrected chi connectivity index (χ3v) is 5.57. The third kappa shape index (κ3) is 5.07. The number of nitrogens with zero attached hydrogens (tertiary/aromatic N) is 6. The Labute approximate surface area is 189 Å². The first kappa shape index (κ1) is 22.6. The lowest BCUT2D eigenvalue weighted by Crippen LogP contribution is -2.47. The molecule has 0 bridgehead atoms. The van der Waals surface area contributed by atoms with E-state index in [4.69, 9.17) is 0 Å². The summed E-state index contributed by atoms with van der Waals surface area (Å²) < 4.78 is 29.7. The van der Waals surface area contributed by atoms with Crippen LogP contribution in [0.3, 0.4) is 0 Å². The molecule has 2 aliphatic rings. The summed E-state index contributed by atoms with van der Waals surface area (Å²) in [6.07, 6.45) is 5.84. The van der Waals surface area contributed by atoms with Crippen molar-refractivity contribution in [2.45, 2.75) is 51.2 Å². The number of hydrogen-bond acceptors (Lipinski definition) is 5. The second-order valence-electron chi connectivity index (χ2n) is 8.27. The summed E-state index contributed by atoms with van der Waals surface area (Å²) in [4.78, 5) is 31.0. The van der Waals surface area contributed by atoms with E-state index < -0.39 is 23.6 Å². The summed E-state index contributed by atoms with van der Waals surface area (Å²) in [5.41, 5.74) is 1.05.